The third kappa shape index (κ3) is 3.46. The van der Waals surface area contributed by atoms with Gasteiger partial charge in [-0.1, -0.05) is 12.1 Å². The summed E-state index contributed by atoms with van der Waals surface area (Å²) in [7, 11) is 0. The van der Waals surface area contributed by atoms with Gasteiger partial charge in [-0.05, 0) is 49.4 Å². The summed E-state index contributed by atoms with van der Waals surface area (Å²) in [6, 6.07) is 7.09. The molecule has 1 aromatic rings. The molecule has 0 aromatic heterocycles. The summed E-state index contributed by atoms with van der Waals surface area (Å²) in [6.07, 6.45) is 1.71. The molecule has 2 N–H and O–H groups in total. The molecule has 0 radical (unpaired) electrons. The first-order valence-corrected chi connectivity index (χ1v) is 7.58. The lowest BCUT2D eigenvalue weighted by Crippen LogP contribution is -2.41. The molecule has 6 heteroatoms. The van der Waals surface area contributed by atoms with E-state index in [1.165, 1.54) is 4.90 Å². The minimum absolute atomic E-state index is 0.258. The number of hydrogen-bond acceptors (Lipinski definition) is 5. The maximum absolute atomic E-state index is 12.2. The summed E-state index contributed by atoms with van der Waals surface area (Å²) in [5.74, 6) is 0.497. The number of nitrogens with two attached hydrogens (primary N) is 1. The topological polar surface area (TPSA) is 72.6 Å². The fraction of sp³-hybridized carbons (Fsp3) is 0.333. The molecular weight excluding hydrogens is 288 g/mol. The molecule has 5 nitrogen and oxygen atoms in total. The molecule has 1 unspecified atom stereocenters. The number of thioether (sulfide) groups is 1. The number of rotatable bonds is 5. The predicted molar refractivity (Wildman–Crippen MR) is 83.9 cm³/mol. The Balaban J connectivity index is 2.18. The summed E-state index contributed by atoms with van der Waals surface area (Å²) < 4.78 is 5.36. The molecule has 1 aromatic carbocycles. The van der Waals surface area contributed by atoms with E-state index in [4.69, 9.17) is 10.5 Å². The molecule has 1 saturated heterocycles. The number of carbonyl (C=O) groups excluding carboxylic acids is 2. The molecule has 21 heavy (non-hydrogen) atoms. The Kier molecular flexibility index (Phi) is 5.03. The molecule has 2 rings (SSSR count). The first-order valence-electron chi connectivity index (χ1n) is 6.76. The highest BCUT2D eigenvalue weighted by Gasteiger charge is 2.37. The number of nitrogens with zero attached hydrogens (tertiary/aromatic N) is 1. The third-order valence-corrected chi connectivity index (χ3v) is 3.98. The average molecular weight is 306 g/mol. The standard InChI is InChI=1S/C15H18N2O3S/c1-3-20-12-6-4-11(5-7-12)8-13-14(18)17(10(2)9-16)15(19)21-13/h4-8,10H,3,9,16H2,1-2H3/b13-8+. The van der Waals surface area contributed by atoms with E-state index in [0.29, 0.717) is 11.5 Å². The minimum Gasteiger partial charge on any atom is -0.494 e. The smallest absolute Gasteiger partial charge is 0.293 e. The van der Waals surface area contributed by atoms with Crippen molar-refractivity contribution in [3.05, 3.63) is 34.7 Å². The lowest BCUT2D eigenvalue weighted by molar-refractivity contribution is -0.123. The molecule has 1 aliphatic rings. The van der Waals surface area contributed by atoms with Crippen LogP contribution in [-0.4, -0.2) is 35.2 Å². The largest absolute Gasteiger partial charge is 0.494 e. The van der Waals surface area contributed by atoms with Crippen LogP contribution < -0.4 is 10.5 Å². The van der Waals surface area contributed by atoms with Crippen molar-refractivity contribution in [2.24, 2.45) is 5.73 Å². The zero-order valence-electron chi connectivity index (χ0n) is 12.0. The number of imide groups is 1. The lowest BCUT2D eigenvalue weighted by atomic mass is 10.2. The number of amides is 2. The highest BCUT2D eigenvalue weighted by molar-refractivity contribution is 8.18. The van der Waals surface area contributed by atoms with Crippen LogP contribution in [0, 0.1) is 0 Å². The van der Waals surface area contributed by atoms with Crippen LogP contribution in [0.1, 0.15) is 19.4 Å². The van der Waals surface area contributed by atoms with Crippen LogP contribution >= 0.6 is 11.8 Å². The van der Waals surface area contributed by atoms with E-state index in [1.54, 1.807) is 13.0 Å². The van der Waals surface area contributed by atoms with Crippen molar-refractivity contribution in [1.29, 1.82) is 0 Å². The van der Waals surface area contributed by atoms with E-state index in [9.17, 15) is 9.59 Å². The van der Waals surface area contributed by atoms with Gasteiger partial charge in [0.2, 0.25) is 0 Å². The van der Waals surface area contributed by atoms with E-state index in [2.05, 4.69) is 0 Å². The van der Waals surface area contributed by atoms with Gasteiger partial charge in [-0.15, -0.1) is 0 Å². The average Bonchev–Trinajstić information content (AvgIpc) is 2.75. The van der Waals surface area contributed by atoms with Gasteiger partial charge in [-0.2, -0.15) is 0 Å². The zero-order chi connectivity index (χ0) is 15.4. The van der Waals surface area contributed by atoms with Crippen LogP contribution in [0.3, 0.4) is 0 Å². The molecule has 0 saturated carbocycles. The summed E-state index contributed by atoms with van der Waals surface area (Å²) in [5, 5.41) is -0.268. The van der Waals surface area contributed by atoms with E-state index in [0.717, 1.165) is 23.1 Å². The number of hydrogen-bond donors (Lipinski definition) is 1. The van der Waals surface area contributed by atoms with E-state index in [1.807, 2.05) is 31.2 Å². The molecule has 1 fully saturated rings. The van der Waals surface area contributed by atoms with Gasteiger partial charge in [0.25, 0.3) is 11.1 Å². The van der Waals surface area contributed by atoms with Gasteiger partial charge in [-0.3, -0.25) is 14.5 Å². The molecule has 1 atom stereocenters. The van der Waals surface area contributed by atoms with Crippen molar-refractivity contribution in [2.75, 3.05) is 13.2 Å². The number of ether oxygens (including phenoxy) is 1. The third-order valence-electron chi connectivity index (χ3n) is 3.09. The molecule has 112 valence electrons. The monoisotopic (exact) mass is 306 g/mol. The van der Waals surface area contributed by atoms with Gasteiger partial charge >= 0.3 is 0 Å². The van der Waals surface area contributed by atoms with E-state index in [-0.39, 0.29) is 23.7 Å². The number of benzene rings is 1. The highest BCUT2D eigenvalue weighted by Crippen LogP contribution is 2.33. The van der Waals surface area contributed by atoms with Gasteiger partial charge in [0, 0.05) is 6.54 Å². The maximum Gasteiger partial charge on any atom is 0.293 e. The van der Waals surface area contributed by atoms with Crippen LogP contribution in [0.15, 0.2) is 29.2 Å². The van der Waals surface area contributed by atoms with Crippen molar-refractivity contribution in [3.8, 4) is 5.75 Å². The molecule has 2 amide bonds. The minimum atomic E-state index is -0.288. The molecule has 1 heterocycles. The zero-order valence-corrected chi connectivity index (χ0v) is 12.9. The maximum atomic E-state index is 12.2. The van der Waals surface area contributed by atoms with Gasteiger partial charge in [0.1, 0.15) is 5.75 Å². The fourth-order valence-corrected chi connectivity index (χ4v) is 2.87. The van der Waals surface area contributed by atoms with Crippen LogP contribution in [0.5, 0.6) is 5.75 Å². The SMILES string of the molecule is CCOc1ccc(/C=C2/SC(=O)N(C(C)CN)C2=O)cc1. The quantitative estimate of drug-likeness (QED) is 0.846. The Hall–Kier alpha value is -1.79. The van der Waals surface area contributed by atoms with Crippen molar-refractivity contribution < 1.29 is 14.3 Å². The Morgan fingerprint density at radius 3 is 2.57 bits per heavy atom. The second-order valence-electron chi connectivity index (χ2n) is 4.64. The fourth-order valence-electron chi connectivity index (χ4n) is 1.94. The summed E-state index contributed by atoms with van der Waals surface area (Å²) in [5.41, 5.74) is 6.38. The Morgan fingerprint density at radius 1 is 1.33 bits per heavy atom. The van der Waals surface area contributed by atoms with Crippen LogP contribution in [-0.2, 0) is 4.79 Å². The van der Waals surface area contributed by atoms with Crippen molar-refractivity contribution in [3.63, 3.8) is 0 Å². The predicted octanol–water partition coefficient (Wildman–Crippen LogP) is 2.47. The van der Waals surface area contributed by atoms with Gasteiger partial charge in [0.05, 0.1) is 17.6 Å². The van der Waals surface area contributed by atoms with Gasteiger partial charge < -0.3 is 10.5 Å². The molecule has 1 aliphatic heterocycles. The van der Waals surface area contributed by atoms with Crippen LogP contribution in [0.25, 0.3) is 6.08 Å². The molecular formula is C15H18N2O3S. The van der Waals surface area contributed by atoms with E-state index < -0.39 is 0 Å². The van der Waals surface area contributed by atoms with Crippen LogP contribution in [0.2, 0.25) is 0 Å². The second-order valence-corrected chi connectivity index (χ2v) is 5.63. The lowest BCUT2D eigenvalue weighted by Gasteiger charge is -2.19. The van der Waals surface area contributed by atoms with Gasteiger partial charge in [0.15, 0.2) is 0 Å². The molecule has 0 aliphatic carbocycles. The van der Waals surface area contributed by atoms with Crippen molar-refractivity contribution in [2.45, 2.75) is 19.9 Å². The Bertz CT molecular complexity index is 569. The van der Waals surface area contributed by atoms with Crippen LogP contribution in [0.4, 0.5) is 4.79 Å². The number of carbonyl (C=O) groups is 2. The summed E-state index contributed by atoms with van der Waals surface area (Å²) >= 11 is 0.947. The summed E-state index contributed by atoms with van der Waals surface area (Å²) in [6.45, 7) is 4.54. The highest BCUT2D eigenvalue weighted by atomic mass is 32.2. The first kappa shape index (κ1) is 15.6. The van der Waals surface area contributed by atoms with E-state index >= 15 is 0 Å². The molecule has 0 bridgehead atoms. The van der Waals surface area contributed by atoms with Gasteiger partial charge in [-0.25, -0.2) is 0 Å². The van der Waals surface area contributed by atoms with Crippen molar-refractivity contribution >= 4 is 29.0 Å². The first-order chi connectivity index (χ1) is 10.1. The second kappa shape index (κ2) is 6.78. The molecule has 0 spiro atoms. The Morgan fingerprint density at radius 2 is 2.00 bits per heavy atom. The normalized spacial score (nSPS) is 18.4. The summed E-state index contributed by atoms with van der Waals surface area (Å²) in [4.78, 5) is 25.7. The Labute approximate surface area is 128 Å². The van der Waals surface area contributed by atoms with Crippen molar-refractivity contribution in [1.82, 2.24) is 4.90 Å².